The Labute approximate surface area is 104 Å². The zero-order chi connectivity index (χ0) is 12.3. The van der Waals surface area contributed by atoms with Crippen molar-refractivity contribution in [1.82, 2.24) is 20.1 Å². The molecule has 2 rings (SSSR count). The fraction of sp³-hybridized carbons (Fsp3) is 0.846. The van der Waals surface area contributed by atoms with E-state index < -0.39 is 0 Å². The second-order valence-electron chi connectivity index (χ2n) is 5.69. The zero-order valence-electron chi connectivity index (χ0n) is 11.2. The van der Waals surface area contributed by atoms with Gasteiger partial charge in [-0.2, -0.15) is 5.10 Å². The van der Waals surface area contributed by atoms with E-state index in [-0.39, 0.29) is 5.54 Å². The van der Waals surface area contributed by atoms with Crippen molar-refractivity contribution in [3.8, 4) is 0 Å². The highest BCUT2D eigenvalue weighted by atomic mass is 15.3. The Morgan fingerprint density at radius 1 is 1.41 bits per heavy atom. The van der Waals surface area contributed by atoms with Crippen molar-refractivity contribution >= 4 is 0 Å². The van der Waals surface area contributed by atoms with Gasteiger partial charge < -0.3 is 5.32 Å². The summed E-state index contributed by atoms with van der Waals surface area (Å²) in [6, 6.07) is 0.391. The molecule has 0 bridgehead atoms. The van der Waals surface area contributed by atoms with Gasteiger partial charge in [0.2, 0.25) is 0 Å². The third-order valence-electron chi connectivity index (χ3n) is 3.64. The predicted molar refractivity (Wildman–Crippen MR) is 69.0 cm³/mol. The first kappa shape index (κ1) is 12.6. The second-order valence-corrected chi connectivity index (χ2v) is 5.69. The molecule has 1 N–H and O–H groups in total. The minimum Gasteiger partial charge on any atom is -0.311 e. The first-order chi connectivity index (χ1) is 8.11. The molecule has 0 spiro atoms. The smallest absolute Gasteiger partial charge is 0.138 e. The van der Waals surface area contributed by atoms with Crippen molar-refractivity contribution in [2.45, 2.75) is 64.5 Å². The van der Waals surface area contributed by atoms with Crippen LogP contribution in [-0.2, 0) is 6.42 Å². The molecule has 4 heteroatoms. The molecule has 0 aromatic carbocycles. The number of hydrogen-bond donors (Lipinski definition) is 1. The molecule has 1 aliphatic heterocycles. The van der Waals surface area contributed by atoms with Crippen LogP contribution in [0.15, 0.2) is 6.33 Å². The molecule has 96 valence electrons. The van der Waals surface area contributed by atoms with Gasteiger partial charge in [0, 0.05) is 18.0 Å². The molecule has 0 saturated carbocycles. The molecule has 1 aromatic heterocycles. The highest BCUT2D eigenvalue weighted by molar-refractivity contribution is 4.98. The van der Waals surface area contributed by atoms with E-state index >= 15 is 0 Å². The molecule has 1 aromatic rings. The van der Waals surface area contributed by atoms with Crippen molar-refractivity contribution in [1.29, 1.82) is 0 Å². The maximum Gasteiger partial charge on any atom is 0.138 e. The zero-order valence-corrected chi connectivity index (χ0v) is 11.2. The van der Waals surface area contributed by atoms with Crippen molar-refractivity contribution in [3.63, 3.8) is 0 Å². The first-order valence-corrected chi connectivity index (χ1v) is 6.74. The van der Waals surface area contributed by atoms with Crippen LogP contribution in [0.1, 0.15) is 58.3 Å². The van der Waals surface area contributed by atoms with Crippen LogP contribution in [0.25, 0.3) is 0 Å². The van der Waals surface area contributed by atoms with E-state index in [0.29, 0.717) is 6.04 Å². The van der Waals surface area contributed by atoms with Crippen LogP contribution in [-0.4, -0.2) is 26.8 Å². The van der Waals surface area contributed by atoms with Gasteiger partial charge in [-0.1, -0.05) is 12.8 Å². The predicted octanol–water partition coefficient (Wildman–Crippen LogP) is 2.32. The average Bonchev–Trinajstić information content (AvgIpc) is 2.61. The molecular weight excluding hydrogens is 212 g/mol. The Balaban J connectivity index is 2.10. The second kappa shape index (κ2) is 5.17. The quantitative estimate of drug-likeness (QED) is 0.876. The fourth-order valence-electron chi connectivity index (χ4n) is 2.63. The Kier molecular flexibility index (Phi) is 3.82. The van der Waals surface area contributed by atoms with Crippen molar-refractivity contribution < 1.29 is 0 Å². The van der Waals surface area contributed by atoms with Gasteiger partial charge in [-0.05, 0) is 40.2 Å². The van der Waals surface area contributed by atoms with Gasteiger partial charge in [0.15, 0.2) is 0 Å². The average molecular weight is 236 g/mol. The van der Waals surface area contributed by atoms with Crippen LogP contribution >= 0.6 is 0 Å². The van der Waals surface area contributed by atoms with Gasteiger partial charge in [0.05, 0.1) is 0 Å². The fourth-order valence-corrected chi connectivity index (χ4v) is 2.63. The molecule has 17 heavy (non-hydrogen) atoms. The van der Waals surface area contributed by atoms with E-state index in [9.17, 15) is 0 Å². The summed E-state index contributed by atoms with van der Waals surface area (Å²) in [6.45, 7) is 7.76. The van der Waals surface area contributed by atoms with E-state index in [1.165, 1.54) is 25.7 Å². The summed E-state index contributed by atoms with van der Waals surface area (Å²) in [5.74, 6) is 1.11. The molecule has 4 nitrogen and oxygen atoms in total. The summed E-state index contributed by atoms with van der Waals surface area (Å²) in [7, 11) is 0. The van der Waals surface area contributed by atoms with E-state index in [1.807, 2.05) is 4.68 Å². The third-order valence-corrected chi connectivity index (χ3v) is 3.64. The van der Waals surface area contributed by atoms with Gasteiger partial charge in [0.25, 0.3) is 0 Å². The third kappa shape index (κ3) is 3.06. The van der Waals surface area contributed by atoms with E-state index in [0.717, 1.165) is 18.8 Å². The molecule has 1 unspecified atom stereocenters. The van der Waals surface area contributed by atoms with Gasteiger partial charge in [-0.3, -0.25) is 0 Å². The maximum atomic E-state index is 4.42. The molecule has 1 saturated heterocycles. The normalized spacial score (nSPS) is 26.1. The Morgan fingerprint density at radius 3 is 3.00 bits per heavy atom. The topological polar surface area (TPSA) is 42.7 Å². The van der Waals surface area contributed by atoms with Gasteiger partial charge in [-0.25, -0.2) is 9.67 Å². The number of nitrogens with zero attached hydrogens (tertiary/aromatic N) is 3. The largest absolute Gasteiger partial charge is 0.311 e. The Morgan fingerprint density at radius 2 is 2.24 bits per heavy atom. The molecule has 2 heterocycles. The Bertz CT molecular complexity index is 348. The molecule has 0 radical (unpaired) electrons. The lowest BCUT2D eigenvalue weighted by Gasteiger charge is -2.29. The monoisotopic (exact) mass is 236 g/mol. The van der Waals surface area contributed by atoms with Crippen molar-refractivity contribution in [2.24, 2.45) is 0 Å². The minimum absolute atomic E-state index is 0.191. The summed E-state index contributed by atoms with van der Waals surface area (Å²) in [6.07, 6.45) is 7.85. The van der Waals surface area contributed by atoms with Crippen LogP contribution in [0.3, 0.4) is 0 Å². The van der Waals surface area contributed by atoms with E-state index in [4.69, 9.17) is 0 Å². The molecular formula is C13H24N4. The Hall–Kier alpha value is -0.900. The first-order valence-electron chi connectivity index (χ1n) is 6.74. The SMILES string of the molecule is CC(C)n1ncnc1CC1(C)CCCCCN1. The molecule has 0 amide bonds. The number of hydrogen-bond acceptors (Lipinski definition) is 3. The number of rotatable bonds is 3. The van der Waals surface area contributed by atoms with Crippen LogP contribution < -0.4 is 5.32 Å². The summed E-state index contributed by atoms with van der Waals surface area (Å²) in [5.41, 5.74) is 0.191. The standard InChI is InChI=1S/C13H24N4/c1-11(2)17-12(14-10-16-17)9-13(3)7-5-4-6-8-15-13/h10-11,15H,4-9H2,1-3H3. The van der Waals surface area contributed by atoms with Gasteiger partial charge >= 0.3 is 0 Å². The highest BCUT2D eigenvalue weighted by Crippen LogP contribution is 2.23. The van der Waals surface area contributed by atoms with Crippen molar-refractivity contribution in [2.75, 3.05) is 6.54 Å². The minimum atomic E-state index is 0.191. The van der Waals surface area contributed by atoms with E-state index in [2.05, 4.69) is 36.2 Å². The lowest BCUT2D eigenvalue weighted by Crippen LogP contribution is -2.44. The maximum absolute atomic E-state index is 4.42. The van der Waals surface area contributed by atoms with Gasteiger partial charge in [0.1, 0.15) is 12.2 Å². The highest BCUT2D eigenvalue weighted by Gasteiger charge is 2.27. The molecule has 0 aliphatic carbocycles. The number of nitrogens with one attached hydrogen (secondary N) is 1. The van der Waals surface area contributed by atoms with Crippen LogP contribution in [0.2, 0.25) is 0 Å². The van der Waals surface area contributed by atoms with E-state index in [1.54, 1.807) is 6.33 Å². The van der Waals surface area contributed by atoms with Crippen LogP contribution in [0.4, 0.5) is 0 Å². The lowest BCUT2D eigenvalue weighted by atomic mass is 9.92. The summed E-state index contributed by atoms with van der Waals surface area (Å²) < 4.78 is 2.04. The lowest BCUT2D eigenvalue weighted by molar-refractivity contribution is 0.328. The summed E-state index contributed by atoms with van der Waals surface area (Å²) in [5, 5.41) is 7.99. The number of aromatic nitrogens is 3. The van der Waals surface area contributed by atoms with Gasteiger partial charge in [-0.15, -0.1) is 0 Å². The van der Waals surface area contributed by atoms with Crippen LogP contribution in [0.5, 0.6) is 0 Å². The van der Waals surface area contributed by atoms with Crippen LogP contribution in [0, 0.1) is 0 Å². The molecule has 1 atom stereocenters. The summed E-state index contributed by atoms with van der Waals surface area (Å²) in [4.78, 5) is 4.42. The molecule has 1 aliphatic rings. The summed E-state index contributed by atoms with van der Waals surface area (Å²) >= 11 is 0. The van der Waals surface area contributed by atoms with Crippen molar-refractivity contribution in [3.05, 3.63) is 12.2 Å². The molecule has 1 fully saturated rings.